The van der Waals surface area contributed by atoms with Gasteiger partial charge in [-0.05, 0) is 43.9 Å². The van der Waals surface area contributed by atoms with Crippen LogP contribution in [0.5, 0.6) is 11.5 Å². The number of hydrogen-bond acceptors (Lipinski definition) is 6. The van der Waals surface area contributed by atoms with Crippen LogP contribution >= 0.6 is 0 Å². The lowest BCUT2D eigenvalue weighted by molar-refractivity contribution is 0.144. The summed E-state index contributed by atoms with van der Waals surface area (Å²) < 4.78 is 16.4. The molecule has 1 N–H and O–H groups in total. The summed E-state index contributed by atoms with van der Waals surface area (Å²) >= 11 is 0. The fourth-order valence-corrected chi connectivity index (χ4v) is 4.60. The molecule has 3 heterocycles. The fraction of sp³-hybridized carbons (Fsp3) is 0.545. The molecule has 2 aromatic rings. The van der Waals surface area contributed by atoms with Crippen LogP contribution in [0.25, 0.3) is 0 Å². The van der Waals surface area contributed by atoms with Gasteiger partial charge in [0.2, 0.25) is 0 Å². The lowest BCUT2D eigenvalue weighted by Gasteiger charge is -2.28. The number of H-pyrrole nitrogens is 1. The Balaban J connectivity index is 1.55. The van der Waals surface area contributed by atoms with Gasteiger partial charge >= 0.3 is 0 Å². The molecule has 0 saturated carbocycles. The van der Waals surface area contributed by atoms with E-state index >= 15 is 0 Å². The van der Waals surface area contributed by atoms with Crippen LogP contribution in [-0.4, -0.2) is 54.4 Å². The van der Waals surface area contributed by atoms with E-state index in [1.807, 2.05) is 13.0 Å². The molecule has 1 aromatic heterocycles. The van der Waals surface area contributed by atoms with E-state index < -0.39 is 0 Å². The fourth-order valence-electron chi connectivity index (χ4n) is 4.60. The highest BCUT2D eigenvalue weighted by Gasteiger charge is 2.38. The van der Waals surface area contributed by atoms with Crippen molar-refractivity contribution < 1.29 is 14.2 Å². The summed E-state index contributed by atoms with van der Waals surface area (Å²) in [5.41, 5.74) is 3.05. The topological polar surface area (TPSA) is 76.7 Å². The third-order valence-corrected chi connectivity index (χ3v) is 6.00. The van der Waals surface area contributed by atoms with Gasteiger partial charge in [0.05, 0.1) is 19.4 Å². The third-order valence-electron chi connectivity index (χ3n) is 6.00. The van der Waals surface area contributed by atoms with Crippen molar-refractivity contribution in [3.63, 3.8) is 0 Å². The van der Waals surface area contributed by atoms with Crippen molar-refractivity contribution in [2.24, 2.45) is 0 Å². The van der Waals surface area contributed by atoms with E-state index in [1.165, 1.54) is 5.56 Å². The van der Waals surface area contributed by atoms with Gasteiger partial charge < -0.3 is 19.2 Å². The number of fused-ring (bicyclic) bond motifs is 3. The number of rotatable bonds is 7. The number of hydrogen-bond donors (Lipinski definition) is 1. The molecule has 2 aliphatic heterocycles. The highest BCUT2D eigenvalue weighted by atomic mass is 16.5. The Bertz CT molecular complexity index is 927. The van der Waals surface area contributed by atoms with E-state index in [9.17, 15) is 4.79 Å². The predicted molar refractivity (Wildman–Crippen MR) is 110 cm³/mol. The lowest BCUT2D eigenvalue weighted by atomic mass is 9.98. The summed E-state index contributed by atoms with van der Waals surface area (Å²) in [4.78, 5) is 22.5. The Labute approximate surface area is 171 Å². The van der Waals surface area contributed by atoms with Crippen LogP contribution in [0.4, 0.5) is 0 Å². The van der Waals surface area contributed by atoms with Gasteiger partial charge in [0.25, 0.3) is 5.56 Å². The number of aromatic nitrogens is 2. The molecule has 1 fully saturated rings. The molecule has 29 heavy (non-hydrogen) atoms. The average molecular weight is 399 g/mol. The minimum Gasteiger partial charge on any atom is -0.493 e. The molecule has 1 aromatic carbocycles. The number of methoxy groups -OCH3 is 2. The summed E-state index contributed by atoms with van der Waals surface area (Å²) in [6, 6.07) is 6.89. The van der Waals surface area contributed by atoms with Crippen molar-refractivity contribution >= 4 is 0 Å². The summed E-state index contributed by atoms with van der Waals surface area (Å²) in [6.07, 6.45) is 3.86. The van der Waals surface area contributed by atoms with Crippen LogP contribution < -0.4 is 15.0 Å². The molecule has 0 radical (unpaired) electrons. The molecule has 0 spiro atoms. The number of nitrogens with one attached hydrogen (secondary N) is 1. The second-order valence-corrected chi connectivity index (χ2v) is 7.87. The maximum absolute atomic E-state index is 12.5. The van der Waals surface area contributed by atoms with Gasteiger partial charge in [-0.2, -0.15) is 0 Å². The van der Waals surface area contributed by atoms with Crippen molar-refractivity contribution in [2.45, 2.75) is 51.2 Å². The minimum atomic E-state index is 0.0262. The van der Waals surface area contributed by atoms with Crippen molar-refractivity contribution in [1.82, 2.24) is 14.9 Å². The molecule has 7 heteroatoms. The third kappa shape index (κ3) is 4.16. The van der Waals surface area contributed by atoms with Gasteiger partial charge in [-0.1, -0.05) is 6.07 Å². The molecular weight excluding hydrogens is 370 g/mol. The largest absolute Gasteiger partial charge is 0.493 e. The molecule has 0 aliphatic carbocycles. The molecule has 4 rings (SSSR count). The van der Waals surface area contributed by atoms with Gasteiger partial charge in [-0.15, -0.1) is 0 Å². The maximum Gasteiger partial charge on any atom is 0.254 e. The van der Waals surface area contributed by atoms with E-state index in [-0.39, 0.29) is 5.56 Å². The van der Waals surface area contributed by atoms with Crippen molar-refractivity contribution in [3.05, 3.63) is 51.2 Å². The number of benzene rings is 1. The molecule has 1 saturated heterocycles. The highest BCUT2D eigenvalue weighted by molar-refractivity contribution is 5.43. The molecule has 2 bridgehead atoms. The van der Waals surface area contributed by atoms with Gasteiger partial charge in [-0.3, -0.25) is 9.69 Å². The van der Waals surface area contributed by atoms with Gasteiger partial charge in [0.1, 0.15) is 12.4 Å². The van der Waals surface area contributed by atoms with Crippen LogP contribution in [-0.2, 0) is 24.1 Å². The molecule has 2 aliphatic rings. The molecule has 0 unspecified atom stereocenters. The SMILES string of the molecule is COCCOc1cc(CN2[C@@H]3CC[C@@H]2Cc2c(nc(C)[nH]c2=O)C3)ccc1OC. The predicted octanol–water partition coefficient (Wildman–Crippen LogP) is 2.24. The quantitative estimate of drug-likeness (QED) is 0.720. The second-order valence-electron chi connectivity index (χ2n) is 7.87. The Morgan fingerprint density at radius 1 is 1.14 bits per heavy atom. The first-order chi connectivity index (χ1) is 14.1. The van der Waals surface area contributed by atoms with Crippen LogP contribution in [0.15, 0.2) is 23.0 Å². The standard InChI is InChI=1S/C22H29N3O4/c1-14-23-19-12-17-6-5-16(11-18(19)22(26)24-14)25(17)13-15-4-7-20(28-3)21(10-15)29-9-8-27-2/h4,7,10,16-17H,5-6,8-9,11-13H2,1-3H3,(H,23,24,26)/t16-,17-/m1/s1. The zero-order chi connectivity index (χ0) is 20.4. The number of ether oxygens (including phenoxy) is 3. The van der Waals surface area contributed by atoms with Crippen LogP contribution in [0.1, 0.15) is 35.5 Å². The monoisotopic (exact) mass is 399 g/mol. The lowest BCUT2D eigenvalue weighted by Crippen LogP contribution is -2.36. The van der Waals surface area contributed by atoms with Crippen molar-refractivity contribution in [1.29, 1.82) is 0 Å². The number of aromatic amines is 1. The van der Waals surface area contributed by atoms with Crippen LogP contribution in [0, 0.1) is 6.92 Å². The maximum atomic E-state index is 12.5. The average Bonchev–Trinajstić information content (AvgIpc) is 2.97. The number of aryl methyl sites for hydroxylation is 1. The zero-order valence-corrected chi connectivity index (χ0v) is 17.4. The van der Waals surface area contributed by atoms with Gasteiger partial charge in [0.15, 0.2) is 11.5 Å². The van der Waals surface area contributed by atoms with Crippen molar-refractivity contribution in [3.8, 4) is 11.5 Å². The van der Waals surface area contributed by atoms with E-state index in [1.54, 1.807) is 14.2 Å². The minimum absolute atomic E-state index is 0.0262. The smallest absolute Gasteiger partial charge is 0.254 e. The van der Waals surface area contributed by atoms with Crippen LogP contribution in [0.3, 0.4) is 0 Å². The summed E-state index contributed by atoms with van der Waals surface area (Å²) in [7, 11) is 3.31. The molecule has 2 atom stereocenters. The first-order valence-corrected chi connectivity index (χ1v) is 10.2. The zero-order valence-electron chi connectivity index (χ0n) is 17.4. The van der Waals surface area contributed by atoms with E-state index in [0.29, 0.717) is 31.1 Å². The van der Waals surface area contributed by atoms with Gasteiger partial charge in [-0.25, -0.2) is 4.98 Å². The van der Waals surface area contributed by atoms with E-state index in [2.05, 4.69) is 27.0 Å². The molecule has 0 amide bonds. The van der Waals surface area contributed by atoms with Crippen LogP contribution in [0.2, 0.25) is 0 Å². The Hall–Kier alpha value is -2.38. The summed E-state index contributed by atoms with van der Waals surface area (Å²) in [6.45, 7) is 3.69. The summed E-state index contributed by atoms with van der Waals surface area (Å²) in [5, 5.41) is 0. The Morgan fingerprint density at radius 3 is 2.69 bits per heavy atom. The highest BCUT2D eigenvalue weighted by Crippen LogP contribution is 2.35. The van der Waals surface area contributed by atoms with E-state index in [4.69, 9.17) is 14.2 Å². The molecule has 7 nitrogen and oxygen atoms in total. The molecule has 156 valence electrons. The Kier molecular flexibility index (Phi) is 5.87. The normalized spacial score (nSPS) is 20.9. The summed E-state index contributed by atoms with van der Waals surface area (Å²) in [5.74, 6) is 2.16. The Morgan fingerprint density at radius 2 is 1.93 bits per heavy atom. The first kappa shape index (κ1) is 19.9. The second kappa shape index (κ2) is 8.55. The first-order valence-electron chi connectivity index (χ1n) is 10.2. The number of nitrogens with zero attached hydrogens (tertiary/aromatic N) is 2. The van der Waals surface area contributed by atoms with E-state index in [0.717, 1.165) is 55.0 Å². The van der Waals surface area contributed by atoms with Gasteiger partial charge in [0, 0.05) is 37.7 Å². The molecular formula is C22H29N3O4. The van der Waals surface area contributed by atoms with Crippen molar-refractivity contribution in [2.75, 3.05) is 27.4 Å².